The number of aromatic nitrogens is 2. The smallest absolute Gasteiger partial charge is 0.236 e. The number of benzene rings is 4. The molecule has 4 aromatic carbocycles. The van der Waals surface area contributed by atoms with Gasteiger partial charge in [0.05, 0.1) is 22.1 Å². The summed E-state index contributed by atoms with van der Waals surface area (Å²) in [4.78, 5) is 23.3. The van der Waals surface area contributed by atoms with Gasteiger partial charge < -0.3 is 4.74 Å². The zero-order chi connectivity index (χ0) is 26.7. The van der Waals surface area contributed by atoms with E-state index in [2.05, 4.69) is 50.8 Å². The van der Waals surface area contributed by atoms with Crippen LogP contribution in [0.3, 0.4) is 0 Å². The normalized spacial score (nSPS) is 21.5. The van der Waals surface area contributed by atoms with Crippen LogP contribution < -0.4 is 4.74 Å². The molecule has 3 atom stereocenters. The van der Waals surface area contributed by atoms with Gasteiger partial charge in [-0.3, -0.25) is 4.79 Å². The highest BCUT2D eigenvalue weighted by molar-refractivity contribution is 6.13. The SMILES string of the molecule is CC1CCC2C(C1)c1c(c3ccccc3c3nc4cc(C(=O)C#Cc5ccccc5)ccc4nc13)OC2(C)C. The first kappa shape index (κ1) is 23.9. The van der Waals surface area contributed by atoms with E-state index in [4.69, 9.17) is 14.7 Å². The Morgan fingerprint density at radius 2 is 1.64 bits per heavy atom. The van der Waals surface area contributed by atoms with E-state index in [-0.39, 0.29) is 11.4 Å². The average Bonchev–Trinajstić information content (AvgIpc) is 2.95. The molecule has 0 radical (unpaired) electrons. The van der Waals surface area contributed by atoms with Crippen molar-refractivity contribution in [3.8, 4) is 17.6 Å². The molecular weight excluding hydrogens is 480 g/mol. The molecule has 2 heterocycles. The minimum absolute atomic E-state index is 0.229. The van der Waals surface area contributed by atoms with Crippen molar-refractivity contribution >= 4 is 38.6 Å². The molecule has 7 rings (SSSR count). The number of fused-ring (bicyclic) bond motifs is 9. The fraction of sp³-hybridized carbons (Fsp3) is 0.286. The summed E-state index contributed by atoms with van der Waals surface area (Å²) in [5.74, 6) is 7.95. The van der Waals surface area contributed by atoms with E-state index >= 15 is 0 Å². The van der Waals surface area contributed by atoms with Gasteiger partial charge in [-0.15, -0.1) is 0 Å². The van der Waals surface area contributed by atoms with Crippen molar-refractivity contribution in [2.24, 2.45) is 11.8 Å². The van der Waals surface area contributed by atoms with Crippen LogP contribution in [0.5, 0.6) is 5.75 Å². The Balaban J connectivity index is 1.43. The number of Topliss-reactive ketones (excluding diaryl/α,β-unsaturated/α-hetero) is 1. The fourth-order valence-electron chi connectivity index (χ4n) is 6.76. The van der Waals surface area contributed by atoms with Gasteiger partial charge in [-0.2, -0.15) is 0 Å². The maximum Gasteiger partial charge on any atom is 0.236 e. The zero-order valence-corrected chi connectivity index (χ0v) is 22.5. The summed E-state index contributed by atoms with van der Waals surface area (Å²) < 4.78 is 6.84. The van der Waals surface area contributed by atoms with Crippen molar-refractivity contribution in [3.05, 3.63) is 89.5 Å². The van der Waals surface area contributed by atoms with Crippen LogP contribution in [0.1, 0.15) is 67.4 Å². The molecule has 0 N–H and O–H groups in total. The standard InChI is InChI=1S/C35H30N2O2/c1-21-13-16-27-26(19-21)31-33-32(24-11-7-8-12-25(24)34(31)39-35(27,2)3)37-29-20-23(15-17-28(29)36-33)30(38)18-14-22-9-5-4-6-10-22/h4-12,15,17,20-21,26-27H,13,16,19H2,1-3H3. The zero-order valence-electron chi connectivity index (χ0n) is 22.5. The van der Waals surface area contributed by atoms with E-state index < -0.39 is 0 Å². The predicted octanol–water partition coefficient (Wildman–Crippen LogP) is 7.86. The van der Waals surface area contributed by atoms with Gasteiger partial charge in [-0.1, -0.05) is 61.7 Å². The Bertz CT molecular complexity index is 1850. The Morgan fingerprint density at radius 1 is 0.897 bits per heavy atom. The summed E-state index contributed by atoms with van der Waals surface area (Å²) in [7, 11) is 0. The summed E-state index contributed by atoms with van der Waals surface area (Å²) in [6.07, 6.45) is 3.52. The van der Waals surface area contributed by atoms with E-state index in [1.165, 1.54) is 12.0 Å². The molecule has 4 nitrogen and oxygen atoms in total. The third-order valence-electron chi connectivity index (χ3n) is 8.69. The second-order valence-electron chi connectivity index (χ2n) is 11.7. The first-order chi connectivity index (χ1) is 18.9. The Morgan fingerprint density at radius 3 is 2.46 bits per heavy atom. The number of carbonyl (C=O) groups excluding carboxylic acids is 1. The van der Waals surface area contributed by atoms with Crippen LogP contribution in [0.15, 0.2) is 72.8 Å². The minimum Gasteiger partial charge on any atom is -0.487 e. The second-order valence-corrected chi connectivity index (χ2v) is 11.7. The van der Waals surface area contributed by atoms with Gasteiger partial charge in [0.1, 0.15) is 11.4 Å². The monoisotopic (exact) mass is 510 g/mol. The molecule has 1 aliphatic carbocycles. The summed E-state index contributed by atoms with van der Waals surface area (Å²) in [5, 5.41) is 2.11. The van der Waals surface area contributed by atoms with Crippen molar-refractivity contribution in [1.82, 2.24) is 9.97 Å². The van der Waals surface area contributed by atoms with Crippen molar-refractivity contribution < 1.29 is 9.53 Å². The first-order valence-electron chi connectivity index (χ1n) is 13.9. The Kier molecular flexibility index (Phi) is 5.45. The number of carbonyl (C=O) groups is 1. The largest absolute Gasteiger partial charge is 0.487 e. The van der Waals surface area contributed by atoms with E-state index in [9.17, 15) is 4.79 Å². The molecule has 0 spiro atoms. The lowest BCUT2D eigenvalue weighted by Crippen LogP contribution is -2.46. The van der Waals surface area contributed by atoms with Crippen molar-refractivity contribution in [3.63, 3.8) is 0 Å². The molecule has 0 amide bonds. The van der Waals surface area contributed by atoms with Crippen LogP contribution in [0.25, 0.3) is 32.8 Å². The lowest BCUT2D eigenvalue weighted by Gasteiger charge is -2.49. The predicted molar refractivity (Wildman–Crippen MR) is 156 cm³/mol. The highest BCUT2D eigenvalue weighted by atomic mass is 16.5. The third kappa shape index (κ3) is 3.96. The molecule has 1 saturated carbocycles. The highest BCUT2D eigenvalue weighted by Crippen LogP contribution is 2.56. The van der Waals surface area contributed by atoms with E-state index in [1.807, 2.05) is 54.6 Å². The van der Waals surface area contributed by atoms with Crippen molar-refractivity contribution in [1.29, 1.82) is 0 Å². The first-order valence-corrected chi connectivity index (χ1v) is 13.9. The highest BCUT2D eigenvalue weighted by Gasteiger charge is 2.47. The molecule has 39 heavy (non-hydrogen) atoms. The molecule has 1 aromatic heterocycles. The van der Waals surface area contributed by atoms with Crippen LogP contribution in [0.4, 0.5) is 0 Å². The quantitative estimate of drug-likeness (QED) is 0.0997. The van der Waals surface area contributed by atoms with Crippen LogP contribution >= 0.6 is 0 Å². The number of hydrogen-bond acceptors (Lipinski definition) is 4. The molecular formula is C35H30N2O2. The minimum atomic E-state index is -0.241. The summed E-state index contributed by atoms with van der Waals surface area (Å²) >= 11 is 0. The molecule has 0 bridgehead atoms. The molecule has 1 fully saturated rings. The van der Waals surface area contributed by atoms with Crippen LogP contribution in [0.2, 0.25) is 0 Å². The lowest BCUT2D eigenvalue weighted by atomic mass is 9.64. The number of ether oxygens (including phenoxy) is 1. The van der Waals surface area contributed by atoms with Crippen LogP contribution in [-0.4, -0.2) is 21.4 Å². The molecule has 2 aliphatic rings. The van der Waals surface area contributed by atoms with E-state index in [0.29, 0.717) is 28.8 Å². The summed E-state index contributed by atoms with van der Waals surface area (Å²) in [6.45, 7) is 6.85. The van der Waals surface area contributed by atoms with Crippen LogP contribution in [0, 0.1) is 23.7 Å². The molecule has 1 aliphatic heterocycles. The number of rotatable bonds is 1. The Hall–Kier alpha value is -4.23. The molecule has 5 aromatic rings. The topological polar surface area (TPSA) is 52.1 Å². The maximum atomic E-state index is 12.9. The molecule has 3 unspecified atom stereocenters. The number of hydrogen-bond donors (Lipinski definition) is 0. The maximum absolute atomic E-state index is 12.9. The van der Waals surface area contributed by atoms with Gasteiger partial charge in [0.15, 0.2) is 0 Å². The van der Waals surface area contributed by atoms with Gasteiger partial charge in [0.25, 0.3) is 0 Å². The number of ketones is 1. The van der Waals surface area contributed by atoms with E-state index in [1.54, 1.807) is 0 Å². The van der Waals surface area contributed by atoms with E-state index in [0.717, 1.165) is 51.5 Å². The van der Waals surface area contributed by atoms with Crippen molar-refractivity contribution in [2.45, 2.75) is 51.6 Å². The van der Waals surface area contributed by atoms with Gasteiger partial charge in [-0.05, 0) is 74.8 Å². The second kappa shape index (κ2) is 8.92. The fourth-order valence-corrected chi connectivity index (χ4v) is 6.76. The molecule has 192 valence electrons. The summed E-state index contributed by atoms with van der Waals surface area (Å²) in [6, 6.07) is 23.4. The Labute approximate surface area is 228 Å². The van der Waals surface area contributed by atoms with Crippen LogP contribution in [-0.2, 0) is 0 Å². The number of nitrogens with zero attached hydrogens (tertiary/aromatic N) is 2. The van der Waals surface area contributed by atoms with Gasteiger partial charge >= 0.3 is 0 Å². The molecule has 4 heteroatoms. The molecule has 0 saturated heterocycles. The van der Waals surface area contributed by atoms with Gasteiger partial charge in [0.2, 0.25) is 5.78 Å². The third-order valence-corrected chi connectivity index (χ3v) is 8.69. The van der Waals surface area contributed by atoms with Gasteiger partial charge in [-0.25, -0.2) is 9.97 Å². The summed E-state index contributed by atoms with van der Waals surface area (Å²) in [5.41, 5.74) is 5.58. The van der Waals surface area contributed by atoms with Crippen molar-refractivity contribution in [2.75, 3.05) is 0 Å². The van der Waals surface area contributed by atoms with Gasteiger partial charge in [0, 0.05) is 33.4 Å². The lowest BCUT2D eigenvalue weighted by molar-refractivity contribution is -0.0115. The average molecular weight is 511 g/mol.